The summed E-state index contributed by atoms with van der Waals surface area (Å²) < 4.78 is 0. The summed E-state index contributed by atoms with van der Waals surface area (Å²) in [7, 11) is 0. The number of piperidine rings is 1. The van der Waals surface area contributed by atoms with Crippen molar-refractivity contribution in [2.24, 2.45) is 11.3 Å². The maximum Gasteiger partial charge on any atom is 0.226 e. The molecule has 0 aromatic carbocycles. The van der Waals surface area contributed by atoms with Crippen molar-refractivity contribution >= 4 is 29.7 Å². The van der Waals surface area contributed by atoms with Crippen LogP contribution in [0.5, 0.6) is 0 Å². The molecule has 1 saturated heterocycles. The normalized spacial score (nSPS) is 25.8. The minimum atomic E-state index is 0. The average molecular weight is 383 g/mol. The summed E-state index contributed by atoms with van der Waals surface area (Å²) in [5.41, 5.74) is 1.75. The molecule has 1 unspecified atom stereocenters. The van der Waals surface area contributed by atoms with Gasteiger partial charge in [0, 0.05) is 18.5 Å². The van der Waals surface area contributed by atoms with Crippen molar-refractivity contribution in [1.82, 2.24) is 10.2 Å². The number of rotatable bonds is 4. The third-order valence-electron chi connectivity index (χ3n) is 6.54. The Hall–Kier alpha value is -0.580. The van der Waals surface area contributed by atoms with E-state index in [1.54, 1.807) is 11.3 Å². The van der Waals surface area contributed by atoms with Gasteiger partial charge in [-0.1, -0.05) is 25.7 Å². The third-order valence-corrected chi connectivity index (χ3v) is 7.27. The van der Waals surface area contributed by atoms with Crippen LogP contribution in [0.25, 0.3) is 0 Å². The van der Waals surface area contributed by atoms with Gasteiger partial charge in [-0.25, -0.2) is 0 Å². The number of nitrogens with one attached hydrogen (secondary N) is 1. The van der Waals surface area contributed by atoms with Crippen LogP contribution in [0.1, 0.15) is 63.4 Å². The van der Waals surface area contributed by atoms with Crippen LogP contribution in [0.3, 0.4) is 0 Å². The Morgan fingerprint density at radius 1 is 1.20 bits per heavy atom. The van der Waals surface area contributed by atoms with Crippen LogP contribution < -0.4 is 5.32 Å². The number of carbonyl (C=O) groups is 1. The largest absolute Gasteiger partial charge is 0.335 e. The average Bonchev–Trinajstić information content (AvgIpc) is 3.15. The molecule has 0 radical (unpaired) electrons. The first kappa shape index (κ1) is 19.2. The second-order valence-electron chi connectivity index (χ2n) is 8.12. The molecule has 2 saturated carbocycles. The van der Waals surface area contributed by atoms with Gasteiger partial charge in [0.2, 0.25) is 5.91 Å². The summed E-state index contributed by atoms with van der Waals surface area (Å²) >= 11 is 1.74. The van der Waals surface area contributed by atoms with Crippen molar-refractivity contribution in [1.29, 1.82) is 0 Å². The van der Waals surface area contributed by atoms with Crippen LogP contribution in [0, 0.1) is 11.3 Å². The Kier molecular flexibility index (Phi) is 6.45. The van der Waals surface area contributed by atoms with E-state index in [2.05, 4.69) is 27.0 Å². The van der Waals surface area contributed by atoms with Crippen LogP contribution >= 0.6 is 23.7 Å². The molecule has 1 aromatic heterocycles. The summed E-state index contributed by atoms with van der Waals surface area (Å²) in [6.07, 6.45) is 11.1. The number of carbonyl (C=O) groups excluding carboxylic acids is 1. The van der Waals surface area contributed by atoms with Gasteiger partial charge in [0.15, 0.2) is 0 Å². The molecule has 2 aliphatic carbocycles. The van der Waals surface area contributed by atoms with E-state index in [1.165, 1.54) is 50.5 Å². The number of nitrogens with zero attached hydrogens (tertiary/aromatic N) is 1. The van der Waals surface area contributed by atoms with Crippen molar-refractivity contribution in [3.05, 3.63) is 22.4 Å². The van der Waals surface area contributed by atoms with Crippen LogP contribution in [0.15, 0.2) is 16.8 Å². The van der Waals surface area contributed by atoms with Crippen LogP contribution in [0.4, 0.5) is 0 Å². The first-order chi connectivity index (χ1) is 11.8. The molecule has 1 aliphatic heterocycles. The molecule has 3 fully saturated rings. The predicted octanol–water partition coefficient (Wildman–Crippen LogP) is 4.61. The molecule has 1 N–H and O–H groups in total. The molecule has 0 bridgehead atoms. The van der Waals surface area contributed by atoms with Crippen molar-refractivity contribution < 1.29 is 4.79 Å². The molecule has 2 heterocycles. The highest BCUT2D eigenvalue weighted by Crippen LogP contribution is 2.56. The van der Waals surface area contributed by atoms with E-state index in [-0.39, 0.29) is 18.3 Å². The topological polar surface area (TPSA) is 32.3 Å². The lowest BCUT2D eigenvalue weighted by molar-refractivity contribution is -0.138. The highest BCUT2D eigenvalue weighted by Gasteiger charge is 2.58. The smallest absolute Gasteiger partial charge is 0.226 e. The number of amides is 1. The van der Waals surface area contributed by atoms with Crippen molar-refractivity contribution in [2.75, 3.05) is 13.1 Å². The van der Waals surface area contributed by atoms with Gasteiger partial charge in [-0.15, -0.1) is 12.4 Å². The maximum absolute atomic E-state index is 13.4. The lowest BCUT2D eigenvalue weighted by Crippen LogP contribution is -2.41. The van der Waals surface area contributed by atoms with Gasteiger partial charge in [-0.05, 0) is 73.0 Å². The standard InChI is InChI=1S/C20H30N2OS.ClH/c23-19(17-5-3-1-2-4-6-17)22(14-16-7-12-24-15-16)18-13-20(18)8-10-21-11-9-20;/h7,12,15,17-18,21H,1-6,8-11,13-14H2;1H. The van der Waals surface area contributed by atoms with E-state index in [0.29, 0.717) is 17.4 Å². The van der Waals surface area contributed by atoms with Crippen molar-refractivity contribution in [2.45, 2.75) is 70.4 Å². The predicted molar refractivity (Wildman–Crippen MR) is 106 cm³/mol. The second-order valence-corrected chi connectivity index (χ2v) is 8.90. The molecule has 140 valence electrons. The van der Waals surface area contributed by atoms with E-state index in [0.717, 1.165) is 32.5 Å². The number of hydrogen-bond donors (Lipinski definition) is 1. The van der Waals surface area contributed by atoms with Gasteiger partial charge in [-0.2, -0.15) is 11.3 Å². The summed E-state index contributed by atoms with van der Waals surface area (Å²) in [6, 6.07) is 2.69. The molecule has 1 spiro atoms. The van der Waals surface area contributed by atoms with Gasteiger partial charge in [0.25, 0.3) is 0 Å². The first-order valence-corrected chi connectivity index (χ1v) is 10.8. The minimum absolute atomic E-state index is 0. The zero-order valence-corrected chi connectivity index (χ0v) is 16.7. The number of hydrogen-bond acceptors (Lipinski definition) is 3. The Bertz CT molecular complexity index is 548. The van der Waals surface area contributed by atoms with Crippen molar-refractivity contribution in [3.8, 4) is 0 Å². The highest BCUT2D eigenvalue weighted by molar-refractivity contribution is 7.07. The second kappa shape index (κ2) is 8.41. The zero-order chi connectivity index (χ0) is 16.4. The van der Waals surface area contributed by atoms with E-state index < -0.39 is 0 Å². The molecule has 25 heavy (non-hydrogen) atoms. The van der Waals surface area contributed by atoms with Gasteiger partial charge >= 0.3 is 0 Å². The fraction of sp³-hybridized carbons (Fsp3) is 0.750. The van der Waals surface area contributed by atoms with E-state index in [9.17, 15) is 4.79 Å². The molecule has 3 nitrogen and oxygen atoms in total. The fourth-order valence-corrected chi connectivity index (χ4v) is 5.57. The quantitative estimate of drug-likeness (QED) is 0.771. The molecule has 5 heteroatoms. The Morgan fingerprint density at radius 3 is 2.56 bits per heavy atom. The SMILES string of the molecule is Cl.O=C(C1CCCCCC1)N(Cc1ccsc1)C1CC12CCNCC2. The summed E-state index contributed by atoms with van der Waals surface area (Å²) in [6.45, 7) is 3.08. The van der Waals surface area contributed by atoms with Gasteiger partial charge < -0.3 is 10.2 Å². The zero-order valence-electron chi connectivity index (χ0n) is 15.0. The van der Waals surface area contributed by atoms with Crippen LogP contribution in [0.2, 0.25) is 0 Å². The highest BCUT2D eigenvalue weighted by atomic mass is 35.5. The number of halogens is 1. The monoisotopic (exact) mass is 382 g/mol. The number of thiophene rings is 1. The lowest BCUT2D eigenvalue weighted by Gasteiger charge is -2.32. The molecular weight excluding hydrogens is 352 g/mol. The van der Waals surface area contributed by atoms with Crippen LogP contribution in [-0.4, -0.2) is 29.9 Å². The van der Waals surface area contributed by atoms with Gasteiger partial charge in [-0.3, -0.25) is 4.79 Å². The Labute approximate surface area is 162 Å². The van der Waals surface area contributed by atoms with E-state index in [4.69, 9.17) is 0 Å². The van der Waals surface area contributed by atoms with Crippen LogP contribution in [-0.2, 0) is 11.3 Å². The first-order valence-electron chi connectivity index (χ1n) is 9.81. The summed E-state index contributed by atoms with van der Waals surface area (Å²) in [5, 5.41) is 7.83. The molecule has 1 atom stereocenters. The van der Waals surface area contributed by atoms with E-state index >= 15 is 0 Å². The Balaban J connectivity index is 0.00000182. The molecule has 3 aliphatic rings. The maximum atomic E-state index is 13.4. The van der Waals surface area contributed by atoms with Crippen molar-refractivity contribution in [3.63, 3.8) is 0 Å². The third kappa shape index (κ3) is 4.23. The van der Waals surface area contributed by atoms with Gasteiger partial charge in [0.05, 0.1) is 0 Å². The molecule has 4 rings (SSSR count). The fourth-order valence-electron chi connectivity index (χ4n) is 4.91. The molecular formula is C20H31ClN2OS. The minimum Gasteiger partial charge on any atom is -0.335 e. The summed E-state index contributed by atoms with van der Waals surface area (Å²) in [5.74, 6) is 0.744. The summed E-state index contributed by atoms with van der Waals surface area (Å²) in [4.78, 5) is 15.7. The van der Waals surface area contributed by atoms with Gasteiger partial charge in [0.1, 0.15) is 0 Å². The Morgan fingerprint density at radius 2 is 1.92 bits per heavy atom. The molecule has 1 amide bonds. The lowest BCUT2D eigenvalue weighted by atomic mass is 9.92. The van der Waals surface area contributed by atoms with E-state index in [1.807, 2.05) is 0 Å². The molecule has 1 aromatic rings.